The van der Waals surface area contributed by atoms with Crippen LogP contribution in [0.5, 0.6) is 0 Å². The summed E-state index contributed by atoms with van der Waals surface area (Å²) in [5, 5.41) is 12.1. The lowest BCUT2D eigenvalue weighted by molar-refractivity contribution is -0.188. The molecule has 0 radical (unpaired) electrons. The Bertz CT molecular complexity index is 322. The summed E-state index contributed by atoms with van der Waals surface area (Å²) in [5.41, 5.74) is 0. The van der Waals surface area contributed by atoms with Crippen molar-refractivity contribution < 1.29 is 23.1 Å². The smallest absolute Gasteiger partial charge is 0.392 e. The van der Waals surface area contributed by atoms with Gasteiger partial charge in [-0.1, -0.05) is 0 Å². The molecule has 1 amide bonds. The summed E-state index contributed by atoms with van der Waals surface area (Å²) in [6.07, 6.45) is -4.06. The van der Waals surface area contributed by atoms with Gasteiger partial charge in [-0.3, -0.25) is 4.79 Å². The third kappa shape index (κ3) is 2.95. The van der Waals surface area contributed by atoms with Gasteiger partial charge in [0.2, 0.25) is 5.91 Å². The molecular weight excluding hydrogens is 249 g/mol. The Kier molecular flexibility index (Phi) is 3.82. The highest BCUT2D eigenvalue weighted by atomic mass is 19.4. The van der Waals surface area contributed by atoms with E-state index in [9.17, 15) is 23.1 Å². The van der Waals surface area contributed by atoms with Crippen LogP contribution in [-0.2, 0) is 4.79 Å². The van der Waals surface area contributed by atoms with Crippen LogP contribution < -0.4 is 5.32 Å². The Hall–Kier alpha value is -0.820. The molecule has 2 fully saturated rings. The number of rotatable bonds is 1. The third-order valence-electron chi connectivity index (χ3n) is 3.60. The van der Waals surface area contributed by atoms with Crippen molar-refractivity contribution in [3.8, 4) is 0 Å². The molecule has 104 valence electrons. The first-order valence-corrected chi connectivity index (χ1v) is 6.15. The predicted molar refractivity (Wildman–Crippen MR) is 57.8 cm³/mol. The first-order valence-electron chi connectivity index (χ1n) is 6.15. The zero-order valence-corrected chi connectivity index (χ0v) is 9.91. The van der Waals surface area contributed by atoms with E-state index in [-0.39, 0.29) is 25.3 Å². The Balaban J connectivity index is 1.94. The zero-order chi connectivity index (χ0) is 13.3. The Labute approximate surface area is 103 Å². The van der Waals surface area contributed by atoms with E-state index in [0.29, 0.717) is 19.5 Å². The number of amides is 1. The van der Waals surface area contributed by atoms with Crippen molar-refractivity contribution in [3.05, 3.63) is 0 Å². The van der Waals surface area contributed by atoms with Crippen LogP contribution in [0.15, 0.2) is 0 Å². The third-order valence-corrected chi connectivity index (χ3v) is 3.60. The van der Waals surface area contributed by atoms with Crippen LogP contribution in [0.4, 0.5) is 13.2 Å². The predicted octanol–water partition coefficient (Wildman–Crippen LogP) is 0.510. The van der Waals surface area contributed by atoms with Crippen molar-refractivity contribution >= 4 is 5.91 Å². The molecule has 4 nitrogen and oxygen atoms in total. The summed E-state index contributed by atoms with van der Waals surface area (Å²) in [7, 11) is 0. The number of halogens is 3. The average molecular weight is 266 g/mol. The molecule has 0 spiro atoms. The van der Waals surface area contributed by atoms with Crippen molar-refractivity contribution in [3.63, 3.8) is 0 Å². The lowest BCUT2D eigenvalue weighted by Crippen LogP contribution is -2.50. The van der Waals surface area contributed by atoms with Crippen LogP contribution in [0.1, 0.15) is 19.3 Å². The molecule has 2 aliphatic rings. The summed E-state index contributed by atoms with van der Waals surface area (Å²) >= 11 is 0. The molecule has 18 heavy (non-hydrogen) atoms. The first kappa shape index (κ1) is 13.6. The molecule has 2 heterocycles. The number of alkyl halides is 3. The molecule has 2 aliphatic heterocycles. The lowest BCUT2D eigenvalue weighted by Gasteiger charge is -2.35. The monoisotopic (exact) mass is 266 g/mol. The first-order chi connectivity index (χ1) is 8.38. The van der Waals surface area contributed by atoms with Crippen LogP contribution in [0.3, 0.4) is 0 Å². The Morgan fingerprint density at radius 1 is 1.39 bits per heavy atom. The molecule has 7 heteroatoms. The number of likely N-dealkylation sites (tertiary alicyclic amines) is 1. The second kappa shape index (κ2) is 5.05. The Morgan fingerprint density at radius 2 is 2.11 bits per heavy atom. The van der Waals surface area contributed by atoms with Crippen LogP contribution >= 0.6 is 0 Å². The summed E-state index contributed by atoms with van der Waals surface area (Å²) < 4.78 is 37.9. The van der Waals surface area contributed by atoms with Gasteiger partial charge in [-0.25, -0.2) is 0 Å². The largest absolute Gasteiger partial charge is 0.393 e. The molecule has 2 rings (SSSR count). The highest BCUT2D eigenvalue weighted by Gasteiger charge is 2.43. The zero-order valence-electron chi connectivity index (χ0n) is 9.91. The molecule has 2 saturated heterocycles. The number of carbonyl (C=O) groups is 1. The summed E-state index contributed by atoms with van der Waals surface area (Å²) in [6, 6.07) is -0.535. The van der Waals surface area contributed by atoms with E-state index in [1.807, 2.05) is 0 Å². The number of nitrogens with one attached hydrogen (secondary N) is 1. The van der Waals surface area contributed by atoms with E-state index in [1.54, 1.807) is 0 Å². The summed E-state index contributed by atoms with van der Waals surface area (Å²) in [4.78, 5) is 13.3. The number of hydrogen-bond acceptors (Lipinski definition) is 3. The highest BCUT2D eigenvalue weighted by Crippen LogP contribution is 2.33. The summed E-state index contributed by atoms with van der Waals surface area (Å²) in [6.45, 7) is 0.448. The van der Waals surface area contributed by atoms with E-state index in [2.05, 4.69) is 5.32 Å². The van der Waals surface area contributed by atoms with Gasteiger partial charge in [0.15, 0.2) is 0 Å². The second-order valence-corrected chi connectivity index (χ2v) is 5.02. The van der Waals surface area contributed by atoms with Gasteiger partial charge < -0.3 is 15.3 Å². The standard InChI is InChI=1S/C11H17F3N2O2/c12-11(13,14)7-2-1-3-16(6-7)10(18)9-4-8(17)5-15-9/h7-9,15,17H,1-6H2/t7-,8-,9-/m0/s1. The van der Waals surface area contributed by atoms with Gasteiger partial charge in [-0.15, -0.1) is 0 Å². The van der Waals surface area contributed by atoms with Gasteiger partial charge >= 0.3 is 6.18 Å². The molecule has 0 unspecified atom stereocenters. The second-order valence-electron chi connectivity index (χ2n) is 5.02. The minimum absolute atomic E-state index is 0.0913. The van der Waals surface area contributed by atoms with Crippen molar-refractivity contribution in [2.45, 2.75) is 37.6 Å². The molecular formula is C11H17F3N2O2. The fourth-order valence-corrected chi connectivity index (χ4v) is 2.57. The molecule has 0 aromatic carbocycles. The molecule has 0 aliphatic carbocycles. The van der Waals surface area contributed by atoms with E-state index in [4.69, 9.17) is 0 Å². The van der Waals surface area contributed by atoms with E-state index in [1.165, 1.54) is 4.90 Å². The highest BCUT2D eigenvalue weighted by molar-refractivity contribution is 5.82. The van der Waals surface area contributed by atoms with Gasteiger partial charge in [-0.2, -0.15) is 13.2 Å². The molecule has 2 N–H and O–H groups in total. The molecule has 0 aromatic rings. The van der Waals surface area contributed by atoms with Gasteiger partial charge in [0, 0.05) is 19.6 Å². The maximum Gasteiger partial charge on any atom is 0.393 e. The van der Waals surface area contributed by atoms with Gasteiger partial charge in [0.05, 0.1) is 18.1 Å². The van der Waals surface area contributed by atoms with Crippen molar-refractivity contribution in [1.82, 2.24) is 10.2 Å². The SMILES string of the molecule is O=C([C@@H]1C[C@H](O)CN1)N1CCC[C@H](C(F)(F)F)C1. The fraction of sp³-hybridized carbons (Fsp3) is 0.909. The number of hydrogen-bond donors (Lipinski definition) is 2. The number of piperidine rings is 1. The van der Waals surface area contributed by atoms with Gasteiger partial charge in [0.25, 0.3) is 0 Å². The fourth-order valence-electron chi connectivity index (χ4n) is 2.57. The normalized spacial score (nSPS) is 33.8. The maximum absolute atomic E-state index is 12.6. The number of aliphatic hydroxyl groups excluding tert-OH is 1. The number of nitrogens with zero attached hydrogens (tertiary/aromatic N) is 1. The van der Waals surface area contributed by atoms with E-state index >= 15 is 0 Å². The van der Waals surface area contributed by atoms with E-state index < -0.39 is 24.2 Å². The van der Waals surface area contributed by atoms with Crippen molar-refractivity contribution in [1.29, 1.82) is 0 Å². The van der Waals surface area contributed by atoms with Gasteiger partial charge in [-0.05, 0) is 19.3 Å². The number of aliphatic hydroxyl groups is 1. The number of carbonyl (C=O) groups excluding carboxylic acids is 1. The van der Waals surface area contributed by atoms with Crippen LogP contribution in [-0.4, -0.2) is 53.9 Å². The minimum Gasteiger partial charge on any atom is -0.392 e. The molecule has 0 saturated carbocycles. The van der Waals surface area contributed by atoms with Crippen LogP contribution in [0, 0.1) is 5.92 Å². The van der Waals surface area contributed by atoms with E-state index in [0.717, 1.165) is 0 Å². The number of β-amino-alcohol motifs (C(OH)–C–C–N with tert-alkyl or cyclic N) is 1. The minimum atomic E-state index is -4.23. The quantitative estimate of drug-likeness (QED) is 0.727. The Morgan fingerprint density at radius 3 is 2.67 bits per heavy atom. The van der Waals surface area contributed by atoms with Crippen molar-refractivity contribution in [2.24, 2.45) is 5.92 Å². The lowest BCUT2D eigenvalue weighted by atomic mass is 9.97. The van der Waals surface area contributed by atoms with Crippen LogP contribution in [0.2, 0.25) is 0 Å². The maximum atomic E-state index is 12.6. The molecule has 0 aromatic heterocycles. The van der Waals surface area contributed by atoms with Gasteiger partial charge in [0.1, 0.15) is 0 Å². The average Bonchev–Trinajstić information content (AvgIpc) is 2.74. The topological polar surface area (TPSA) is 52.6 Å². The van der Waals surface area contributed by atoms with Crippen molar-refractivity contribution in [2.75, 3.05) is 19.6 Å². The molecule has 0 bridgehead atoms. The van der Waals surface area contributed by atoms with Crippen LogP contribution in [0.25, 0.3) is 0 Å². The summed E-state index contributed by atoms with van der Waals surface area (Å²) in [5.74, 6) is -1.73. The molecule has 3 atom stereocenters.